The van der Waals surface area contributed by atoms with Crippen molar-refractivity contribution in [3.05, 3.63) is 29.8 Å². The van der Waals surface area contributed by atoms with Gasteiger partial charge in [-0.3, -0.25) is 4.79 Å². The van der Waals surface area contributed by atoms with Gasteiger partial charge in [-0.25, -0.2) is 4.79 Å². The third-order valence-corrected chi connectivity index (χ3v) is 7.63. The highest BCUT2D eigenvalue weighted by atomic mass is 16.6. The summed E-state index contributed by atoms with van der Waals surface area (Å²) in [7, 11) is 4.07. The maximum Gasteiger partial charge on any atom is 0.407 e. The van der Waals surface area contributed by atoms with Gasteiger partial charge in [0.2, 0.25) is 0 Å². The molecule has 0 spiro atoms. The van der Waals surface area contributed by atoms with Crippen molar-refractivity contribution in [2.75, 3.05) is 27.2 Å². The van der Waals surface area contributed by atoms with E-state index in [9.17, 15) is 14.7 Å². The molecular weight excluding hydrogens is 456 g/mol. The van der Waals surface area contributed by atoms with Gasteiger partial charge >= 0.3 is 12.1 Å². The molecule has 2 aliphatic rings. The molecule has 2 aliphatic carbocycles. The summed E-state index contributed by atoms with van der Waals surface area (Å²) in [6.07, 6.45) is 8.49. The Kier molecular flexibility index (Phi) is 9.44. The van der Waals surface area contributed by atoms with Crippen LogP contribution in [0.1, 0.15) is 90.5 Å². The number of carbonyl (C=O) groups excluding carboxylic acids is 2. The topological polar surface area (TPSA) is 88.1 Å². The Morgan fingerprint density at radius 3 is 2.44 bits per heavy atom. The van der Waals surface area contributed by atoms with E-state index >= 15 is 0 Å². The van der Waals surface area contributed by atoms with Crippen LogP contribution in [0.25, 0.3) is 0 Å². The van der Waals surface area contributed by atoms with Crippen LogP contribution in [0.4, 0.5) is 4.79 Å². The Labute approximate surface area is 216 Å². The van der Waals surface area contributed by atoms with Crippen molar-refractivity contribution in [1.82, 2.24) is 10.2 Å². The van der Waals surface area contributed by atoms with E-state index in [-0.39, 0.29) is 23.7 Å². The van der Waals surface area contributed by atoms with Crippen molar-refractivity contribution in [3.63, 3.8) is 0 Å². The van der Waals surface area contributed by atoms with Gasteiger partial charge in [0, 0.05) is 19.0 Å². The average Bonchev–Trinajstić information content (AvgIpc) is 2.79. The Morgan fingerprint density at radius 2 is 1.78 bits per heavy atom. The van der Waals surface area contributed by atoms with Crippen molar-refractivity contribution in [1.29, 1.82) is 0 Å². The molecule has 2 saturated carbocycles. The van der Waals surface area contributed by atoms with Crippen molar-refractivity contribution >= 4 is 12.1 Å². The Hall–Kier alpha value is -2.12. The standard InChI is InChI=1S/C29H46N2O5/c1-27(2,3)36-26(33)30-21-28(15-8-6-9-16-28)19-25(32)35-24-14-11-13-22(18-24)29(34)17-10-7-12-23(29)20-31(4)5/h11,13-14,18,23,34H,6-10,12,15-17,19-21H2,1-5H3,(H,30,33). The smallest absolute Gasteiger partial charge is 0.407 e. The summed E-state index contributed by atoms with van der Waals surface area (Å²) in [6.45, 7) is 6.71. The van der Waals surface area contributed by atoms with Gasteiger partial charge in [0.25, 0.3) is 0 Å². The molecule has 7 heteroatoms. The number of nitrogens with one attached hydrogen (secondary N) is 1. The van der Waals surface area contributed by atoms with Gasteiger partial charge in [0.1, 0.15) is 11.4 Å². The molecule has 202 valence electrons. The number of rotatable bonds is 8. The minimum atomic E-state index is -0.924. The van der Waals surface area contributed by atoms with Crippen LogP contribution in [0.15, 0.2) is 24.3 Å². The van der Waals surface area contributed by atoms with Gasteiger partial charge in [-0.2, -0.15) is 0 Å². The summed E-state index contributed by atoms with van der Waals surface area (Å²) in [5, 5.41) is 14.6. The third kappa shape index (κ3) is 7.94. The molecule has 1 aromatic carbocycles. The van der Waals surface area contributed by atoms with Gasteiger partial charge in [0.15, 0.2) is 0 Å². The molecule has 2 unspecified atom stereocenters. The quantitative estimate of drug-likeness (QED) is 0.366. The monoisotopic (exact) mass is 502 g/mol. The lowest BCUT2D eigenvalue weighted by Crippen LogP contribution is -2.43. The van der Waals surface area contributed by atoms with Gasteiger partial charge in [-0.1, -0.05) is 44.2 Å². The van der Waals surface area contributed by atoms with E-state index in [2.05, 4.69) is 10.2 Å². The lowest BCUT2D eigenvalue weighted by Gasteiger charge is -2.41. The summed E-state index contributed by atoms with van der Waals surface area (Å²) >= 11 is 0. The van der Waals surface area contributed by atoms with E-state index in [1.54, 1.807) is 6.07 Å². The van der Waals surface area contributed by atoms with Crippen LogP contribution >= 0.6 is 0 Å². The molecule has 1 amide bonds. The van der Waals surface area contributed by atoms with Crippen molar-refractivity contribution in [3.8, 4) is 5.75 Å². The molecule has 0 aromatic heterocycles. The number of nitrogens with zero attached hydrogens (tertiary/aromatic N) is 1. The summed E-state index contributed by atoms with van der Waals surface area (Å²) in [5.74, 6) is 0.295. The second-order valence-electron chi connectivity index (χ2n) is 12.2. The van der Waals surface area contributed by atoms with E-state index in [0.717, 1.165) is 63.5 Å². The minimum absolute atomic E-state index is 0.136. The SMILES string of the molecule is CN(C)CC1CCCCC1(O)c1cccc(OC(=O)CC2(CNC(=O)OC(C)(C)C)CCCCC2)c1. The summed E-state index contributed by atoms with van der Waals surface area (Å²) < 4.78 is 11.2. The fourth-order valence-electron chi connectivity index (χ4n) is 5.89. The first-order valence-corrected chi connectivity index (χ1v) is 13.6. The maximum absolute atomic E-state index is 13.1. The second-order valence-corrected chi connectivity index (χ2v) is 12.2. The highest BCUT2D eigenvalue weighted by Gasteiger charge is 2.41. The lowest BCUT2D eigenvalue weighted by atomic mass is 9.71. The number of benzene rings is 1. The zero-order chi connectivity index (χ0) is 26.4. The summed E-state index contributed by atoms with van der Waals surface area (Å²) in [4.78, 5) is 27.5. The van der Waals surface area contributed by atoms with E-state index < -0.39 is 17.3 Å². The van der Waals surface area contributed by atoms with E-state index in [0.29, 0.717) is 18.7 Å². The number of hydrogen-bond acceptors (Lipinski definition) is 6. The van der Waals surface area contributed by atoms with E-state index in [1.165, 1.54) is 0 Å². The molecule has 36 heavy (non-hydrogen) atoms. The van der Waals surface area contributed by atoms with Crippen LogP contribution in [-0.4, -0.2) is 54.9 Å². The van der Waals surface area contributed by atoms with Gasteiger partial charge in [-0.05, 0) is 83.7 Å². The number of carbonyl (C=O) groups is 2. The van der Waals surface area contributed by atoms with Crippen molar-refractivity contribution < 1.29 is 24.2 Å². The van der Waals surface area contributed by atoms with Gasteiger partial charge in [0.05, 0.1) is 12.0 Å². The van der Waals surface area contributed by atoms with Crippen LogP contribution in [0.2, 0.25) is 0 Å². The number of aliphatic hydroxyl groups is 1. The molecule has 0 saturated heterocycles. The first-order chi connectivity index (χ1) is 16.9. The average molecular weight is 503 g/mol. The zero-order valence-corrected chi connectivity index (χ0v) is 22.9. The number of esters is 1. The number of alkyl carbamates (subject to hydrolysis) is 1. The minimum Gasteiger partial charge on any atom is -0.444 e. The second kappa shape index (κ2) is 12.0. The Balaban J connectivity index is 1.68. The predicted molar refractivity (Wildman–Crippen MR) is 141 cm³/mol. The first-order valence-electron chi connectivity index (χ1n) is 13.6. The molecule has 2 atom stereocenters. The first kappa shape index (κ1) is 28.5. The van der Waals surface area contributed by atoms with Crippen molar-refractivity contribution in [2.24, 2.45) is 11.3 Å². The molecule has 2 N–H and O–H groups in total. The Morgan fingerprint density at radius 1 is 1.08 bits per heavy atom. The molecule has 2 fully saturated rings. The normalized spacial score (nSPS) is 24.2. The van der Waals surface area contributed by atoms with Crippen LogP contribution in [0.3, 0.4) is 0 Å². The molecule has 1 aromatic rings. The highest BCUT2D eigenvalue weighted by Crippen LogP contribution is 2.43. The number of hydrogen-bond donors (Lipinski definition) is 2. The summed E-state index contributed by atoms with van der Waals surface area (Å²) in [5.41, 5.74) is -1.00. The molecule has 0 aliphatic heterocycles. The van der Waals surface area contributed by atoms with E-state index in [4.69, 9.17) is 9.47 Å². The number of ether oxygens (including phenoxy) is 2. The Bertz CT molecular complexity index is 888. The molecule has 0 bridgehead atoms. The summed E-state index contributed by atoms with van der Waals surface area (Å²) in [6, 6.07) is 7.41. The molecule has 0 heterocycles. The van der Waals surface area contributed by atoms with Gasteiger partial charge < -0.3 is 24.8 Å². The van der Waals surface area contributed by atoms with Crippen molar-refractivity contribution in [2.45, 2.75) is 96.2 Å². The fraction of sp³-hybridized carbons (Fsp3) is 0.724. The van der Waals surface area contributed by atoms with Crippen LogP contribution < -0.4 is 10.1 Å². The predicted octanol–water partition coefficient (Wildman–Crippen LogP) is 5.40. The molecule has 3 rings (SSSR count). The third-order valence-electron chi connectivity index (χ3n) is 7.63. The lowest BCUT2D eigenvalue weighted by molar-refractivity contribution is -0.137. The molecular formula is C29H46N2O5. The van der Waals surface area contributed by atoms with Gasteiger partial charge in [-0.15, -0.1) is 0 Å². The van der Waals surface area contributed by atoms with Crippen LogP contribution in [0.5, 0.6) is 5.75 Å². The largest absolute Gasteiger partial charge is 0.444 e. The fourth-order valence-corrected chi connectivity index (χ4v) is 5.89. The zero-order valence-electron chi connectivity index (χ0n) is 22.9. The maximum atomic E-state index is 13.1. The van der Waals surface area contributed by atoms with E-state index in [1.807, 2.05) is 53.1 Å². The highest BCUT2D eigenvalue weighted by molar-refractivity contribution is 5.73. The molecule has 0 radical (unpaired) electrons. The van der Waals surface area contributed by atoms with Crippen LogP contribution in [-0.2, 0) is 15.1 Å². The number of amides is 1. The molecule has 7 nitrogen and oxygen atoms in total. The van der Waals surface area contributed by atoms with Crippen LogP contribution in [0, 0.1) is 11.3 Å².